The normalized spacial score (nSPS) is 13.7. The fraction of sp³-hybridized carbons (Fsp3) is 0.267. The van der Waals surface area contributed by atoms with Gasteiger partial charge in [-0.3, -0.25) is 0 Å². The predicted molar refractivity (Wildman–Crippen MR) is 69.0 cm³/mol. The summed E-state index contributed by atoms with van der Waals surface area (Å²) in [6, 6.07) is 15.0. The summed E-state index contributed by atoms with van der Waals surface area (Å²) in [7, 11) is 0. The van der Waals surface area contributed by atoms with Gasteiger partial charge in [0.1, 0.15) is 0 Å². The first kappa shape index (κ1) is 12.9. The standard InChI is InChI=1S/C15H17N2.ClH/c1-2-5-14(6-3-1)13-16-11-7-15(8-12-16)17-9-4-10-17;/h1-3,5-8,11-12H,4,9-10,13H2;1H/q+1;/p-1. The van der Waals surface area contributed by atoms with Crippen LogP contribution in [0.15, 0.2) is 54.9 Å². The minimum atomic E-state index is 0. The van der Waals surface area contributed by atoms with Crippen LogP contribution in [0.3, 0.4) is 0 Å². The van der Waals surface area contributed by atoms with Crippen molar-refractivity contribution in [2.45, 2.75) is 13.0 Å². The summed E-state index contributed by atoms with van der Waals surface area (Å²) in [5.41, 5.74) is 2.69. The lowest BCUT2D eigenvalue weighted by molar-refractivity contribution is -0.688. The zero-order chi connectivity index (χ0) is 11.5. The van der Waals surface area contributed by atoms with Crippen molar-refractivity contribution in [1.29, 1.82) is 0 Å². The fourth-order valence-corrected chi connectivity index (χ4v) is 2.13. The Morgan fingerprint density at radius 1 is 0.944 bits per heavy atom. The van der Waals surface area contributed by atoms with Crippen molar-refractivity contribution in [3.8, 4) is 0 Å². The quantitative estimate of drug-likeness (QED) is 0.658. The Balaban J connectivity index is 0.00000120. The van der Waals surface area contributed by atoms with Gasteiger partial charge in [-0.25, -0.2) is 4.57 Å². The maximum Gasteiger partial charge on any atom is 0.173 e. The molecule has 0 amide bonds. The molecule has 0 saturated carbocycles. The van der Waals surface area contributed by atoms with Gasteiger partial charge in [0, 0.05) is 36.5 Å². The van der Waals surface area contributed by atoms with E-state index in [2.05, 4.69) is 64.3 Å². The van der Waals surface area contributed by atoms with E-state index >= 15 is 0 Å². The fourth-order valence-electron chi connectivity index (χ4n) is 2.13. The van der Waals surface area contributed by atoms with E-state index in [-0.39, 0.29) is 12.4 Å². The smallest absolute Gasteiger partial charge is 0.173 e. The molecule has 0 unspecified atom stereocenters. The first-order valence-corrected chi connectivity index (χ1v) is 6.20. The van der Waals surface area contributed by atoms with Crippen LogP contribution in [0.5, 0.6) is 0 Å². The topological polar surface area (TPSA) is 7.12 Å². The molecule has 94 valence electrons. The number of rotatable bonds is 3. The minimum absolute atomic E-state index is 0. The lowest BCUT2D eigenvalue weighted by atomic mass is 10.2. The van der Waals surface area contributed by atoms with E-state index in [1.165, 1.54) is 30.8 Å². The lowest BCUT2D eigenvalue weighted by Crippen LogP contribution is -3.00. The zero-order valence-corrected chi connectivity index (χ0v) is 11.1. The van der Waals surface area contributed by atoms with Crippen LogP contribution in [0.1, 0.15) is 12.0 Å². The van der Waals surface area contributed by atoms with Crippen molar-refractivity contribution in [2.24, 2.45) is 0 Å². The second-order valence-corrected chi connectivity index (χ2v) is 4.55. The molecule has 0 aliphatic carbocycles. The third-order valence-corrected chi connectivity index (χ3v) is 3.30. The Hall–Kier alpha value is -1.54. The Kier molecular flexibility index (Phi) is 4.21. The number of halogens is 1. The van der Waals surface area contributed by atoms with E-state index in [0.29, 0.717) is 0 Å². The first-order valence-electron chi connectivity index (χ1n) is 6.20. The van der Waals surface area contributed by atoms with Gasteiger partial charge in [0.05, 0.1) is 0 Å². The van der Waals surface area contributed by atoms with Gasteiger partial charge in [-0.1, -0.05) is 30.3 Å². The van der Waals surface area contributed by atoms with Gasteiger partial charge in [0.2, 0.25) is 0 Å². The number of aromatic nitrogens is 1. The van der Waals surface area contributed by atoms with E-state index in [9.17, 15) is 0 Å². The average molecular weight is 261 g/mol. The van der Waals surface area contributed by atoms with Gasteiger partial charge in [-0.2, -0.15) is 0 Å². The number of pyridine rings is 1. The molecule has 18 heavy (non-hydrogen) atoms. The highest BCUT2D eigenvalue weighted by molar-refractivity contribution is 5.45. The molecule has 3 rings (SSSR count). The monoisotopic (exact) mass is 260 g/mol. The van der Waals surface area contributed by atoms with Gasteiger partial charge >= 0.3 is 0 Å². The van der Waals surface area contributed by atoms with Crippen molar-refractivity contribution in [3.63, 3.8) is 0 Å². The Labute approximate surface area is 114 Å². The Morgan fingerprint density at radius 2 is 1.61 bits per heavy atom. The van der Waals surface area contributed by atoms with Crippen LogP contribution in [0.4, 0.5) is 5.69 Å². The second kappa shape index (κ2) is 5.87. The van der Waals surface area contributed by atoms with Crippen LogP contribution in [0.2, 0.25) is 0 Å². The third kappa shape index (κ3) is 2.82. The summed E-state index contributed by atoms with van der Waals surface area (Å²) in [4.78, 5) is 2.41. The number of benzene rings is 1. The van der Waals surface area contributed by atoms with Crippen molar-refractivity contribution in [2.75, 3.05) is 18.0 Å². The molecule has 1 aromatic heterocycles. The van der Waals surface area contributed by atoms with Crippen molar-refractivity contribution in [3.05, 3.63) is 60.4 Å². The van der Waals surface area contributed by atoms with E-state index in [1.54, 1.807) is 0 Å². The molecule has 1 aliphatic heterocycles. The molecule has 2 aromatic rings. The van der Waals surface area contributed by atoms with E-state index in [0.717, 1.165) is 6.54 Å². The summed E-state index contributed by atoms with van der Waals surface area (Å²) < 4.78 is 2.22. The molecule has 0 spiro atoms. The number of anilines is 1. The lowest BCUT2D eigenvalue weighted by Gasteiger charge is -2.32. The number of hydrogen-bond acceptors (Lipinski definition) is 1. The third-order valence-electron chi connectivity index (χ3n) is 3.30. The van der Waals surface area contributed by atoms with E-state index in [4.69, 9.17) is 0 Å². The largest absolute Gasteiger partial charge is 1.00 e. The van der Waals surface area contributed by atoms with Gasteiger partial charge < -0.3 is 17.3 Å². The molecule has 1 aromatic carbocycles. The van der Waals surface area contributed by atoms with Crippen molar-refractivity contribution in [1.82, 2.24) is 0 Å². The molecule has 1 saturated heterocycles. The average Bonchev–Trinajstić information content (AvgIpc) is 2.31. The van der Waals surface area contributed by atoms with Crippen LogP contribution >= 0.6 is 0 Å². The summed E-state index contributed by atoms with van der Waals surface area (Å²) in [5.74, 6) is 0. The molecule has 2 heterocycles. The maximum atomic E-state index is 2.41. The molecule has 0 N–H and O–H groups in total. The van der Waals surface area contributed by atoms with Gasteiger partial charge in [0.15, 0.2) is 18.9 Å². The van der Waals surface area contributed by atoms with Crippen LogP contribution < -0.4 is 21.9 Å². The minimum Gasteiger partial charge on any atom is -1.00 e. The van der Waals surface area contributed by atoms with Gasteiger partial charge in [0.25, 0.3) is 0 Å². The van der Waals surface area contributed by atoms with Crippen molar-refractivity contribution >= 4 is 5.69 Å². The maximum absolute atomic E-state index is 2.41. The van der Waals surface area contributed by atoms with Crippen LogP contribution in [0.25, 0.3) is 0 Å². The molecule has 2 nitrogen and oxygen atoms in total. The summed E-state index contributed by atoms with van der Waals surface area (Å²) >= 11 is 0. The summed E-state index contributed by atoms with van der Waals surface area (Å²) in [5, 5.41) is 0. The second-order valence-electron chi connectivity index (χ2n) is 4.55. The van der Waals surface area contributed by atoms with Crippen LogP contribution in [-0.2, 0) is 6.54 Å². The molecule has 1 fully saturated rings. The number of nitrogens with zero attached hydrogens (tertiary/aromatic N) is 2. The molecule has 1 aliphatic rings. The summed E-state index contributed by atoms with van der Waals surface area (Å²) in [6.45, 7) is 3.37. The molecule has 0 atom stereocenters. The van der Waals surface area contributed by atoms with E-state index < -0.39 is 0 Å². The molecule has 0 radical (unpaired) electrons. The predicted octanol–water partition coefficient (Wildman–Crippen LogP) is -0.763. The SMILES string of the molecule is [Cl-].c1ccc(C[n+]2ccc(N3CCC3)cc2)cc1. The molecule has 3 heteroatoms. The summed E-state index contributed by atoms with van der Waals surface area (Å²) in [6.07, 6.45) is 5.67. The van der Waals surface area contributed by atoms with Crippen molar-refractivity contribution < 1.29 is 17.0 Å². The highest BCUT2D eigenvalue weighted by atomic mass is 35.5. The molecular weight excluding hydrogens is 244 g/mol. The molecule has 0 bridgehead atoms. The Morgan fingerprint density at radius 3 is 2.17 bits per heavy atom. The Bertz CT molecular complexity index is 478. The zero-order valence-electron chi connectivity index (χ0n) is 10.3. The van der Waals surface area contributed by atoms with Gasteiger partial charge in [-0.05, 0) is 6.42 Å². The first-order chi connectivity index (χ1) is 8.42. The van der Waals surface area contributed by atoms with Gasteiger partial charge in [-0.15, -0.1) is 0 Å². The highest BCUT2D eigenvalue weighted by Crippen LogP contribution is 2.18. The highest BCUT2D eigenvalue weighted by Gasteiger charge is 2.15. The van der Waals surface area contributed by atoms with Crippen LogP contribution in [-0.4, -0.2) is 13.1 Å². The van der Waals surface area contributed by atoms with Crippen LogP contribution in [0, 0.1) is 0 Å². The van der Waals surface area contributed by atoms with E-state index in [1.807, 2.05) is 0 Å². The molecular formula is C15H17ClN2. The number of hydrogen-bond donors (Lipinski definition) is 0.